The van der Waals surface area contributed by atoms with Crippen LogP contribution in [0, 0.1) is 0 Å². The van der Waals surface area contributed by atoms with Crippen LogP contribution in [0.25, 0.3) is 16.6 Å². The Balaban J connectivity index is 1.50. The summed E-state index contributed by atoms with van der Waals surface area (Å²) in [6.07, 6.45) is 6.52. The van der Waals surface area contributed by atoms with Gasteiger partial charge in [0.05, 0.1) is 23.9 Å². The summed E-state index contributed by atoms with van der Waals surface area (Å²) in [4.78, 5) is 20.1. The number of fused-ring (bicyclic) bond motifs is 1. The lowest BCUT2D eigenvalue weighted by Crippen LogP contribution is -2.29. The first-order valence-corrected chi connectivity index (χ1v) is 12.1. The van der Waals surface area contributed by atoms with E-state index in [0.29, 0.717) is 0 Å². The fraction of sp³-hybridized carbons (Fsp3) is 0.280. The van der Waals surface area contributed by atoms with Crippen LogP contribution in [0.2, 0.25) is 0 Å². The second kappa shape index (κ2) is 9.33. The predicted molar refractivity (Wildman–Crippen MR) is 131 cm³/mol. The normalized spacial score (nSPS) is 14.5. The van der Waals surface area contributed by atoms with Crippen molar-refractivity contribution in [3.05, 3.63) is 77.0 Å². The number of anilines is 1. The first-order valence-electron chi connectivity index (χ1n) is 11.3. The molecule has 1 aliphatic rings. The Morgan fingerprint density at radius 1 is 1.00 bits per heavy atom. The van der Waals surface area contributed by atoms with Gasteiger partial charge in [-0.25, -0.2) is 9.36 Å². The highest BCUT2D eigenvalue weighted by atomic mass is 32.2. The van der Waals surface area contributed by atoms with Crippen molar-refractivity contribution in [2.45, 2.75) is 36.2 Å². The number of pyridine rings is 1. The number of thioether (sulfide) groups is 1. The number of nitrogens with zero attached hydrogens (tertiary/aromatic N) is 4. The minimum absolute atomic E-state index is 0.00159. The summed E-state index contributed by atoms with van der Waals surface area (Å²) in [6, 6.07) is 13.2. The van der Waals surface area contributed by atoms with Crippen molar-refractivity contribution >= 4 is 28.4 Å². The van der Waals surface area contributed by atoms with Crippen molar-refractivity contribution in [3.8, 4) is 11.6 Å². The summed E-state index contributed by atoms with van der Waals surface area (Å²) in [5, 5.41) is 11.5. The summed E-state index contributed by atoms with van der Waals surface area (Å²) in [5.74, 6) is -0.291. The highest BCUT2D eigenvalue weighted by Crippen LogP contribution is 2.37. The van der Waals surface area contributed by atoms with Crippen LogP contribution in [0.3, 0.4) is 0 Å². The first kappa shape index (κ1) is 23.3. The lowest BCUT2D eigenvalue weighted by molar-refractivity contribution is -0.0328. The second-order valence-electron chi connectivity index (χ2n) is 8.46. The lowest BCUT2D eigenvalue weighted by atomic mass is 10.0. The van der Waals surface area contributed by atoms with Crippen molar-refractivity contribution < 1.29 is 18.3 Å². The van der Waals surface area contributed by atoms with Gasteiger partial charge in [0.25, 0.3) is 0 Å². The van der Waals surface area contributed by atoms with Gasteiger partial charge >= 0.3 is 11.2 Å². The summed E-state index contributed by atoms with van der Waals surface area (Å²) in [5.41, 5.74) is -1.79. The van der Waals surface area contributed by atoms with Gasteiger partial charge in [0.2, 0.25) is 5.88 Å². The number of rotatable bonds is 5. The molecule has 1 saturated heterocycles. The van der Waals surface area contributed by atoms with Crippen LogP contribution in [-0.4, -0.2) is 37.8 Å². The molecule has 3 heterocycles. The van der Waals surface area contributed by atoms with Gasteiger partial charge < -0.3 is 10.0 Å². The van der Waals surface area contributed by atoms with Crippen LogP contribution in [-0.2, 0) is 6.54 Å². The van der Waals surface area contributed by atoms with Crippen molar-refractivity contribution in [1.82, 2.24) is 14.1 Å². The number of halogens is 3. The standard InChI is InChI=1S/C25H23F3N4O2S/c26-25(27,28)35-19-9-7-18(8-10-19)32-22(33)16-31(24(32)34)15-17-11-12-29-20-5-4-6-21(23(17)20)30-13-2-1-3-14-30/h4-12,16,33H,1-3,13-15H2. The molecule has 4 aromatic rings. The molecule has 2 aromatic carbocycles. The number of aromatic nitrogens is 3. The maximum Gasteiger partial charge on any atom is 0.446 e. The number of piperidine rings is 1. The molecule has 1 N–H and O–H groups in total. The zero-order chi connectivity index (χ0) is 24.6. The van der Waals surface area contributed by atoms with Crippen LogP contribution >= 0.6 is 11.8 Å². The number of hydrogen-bond donors (Lipinski definition) is 1. The molecule has 0 saturated carbocycles. The molecule has 10 heteroatoms. The molecular formula is C25H23F3N4O2S. The number of aromatic hydroxyl groups is 1. The zero-order valence-electron chi connectivity index (χ0n) is 18.7. The Morgan fingerprint density at radius 3 is 2.46 bits per heavy atom. The highest BCUT2D eigenvalue weighted by Gasteiger charge is 2.29. The minimum atomic E-state index is -4.40. The molecule has 1 aliphatic heterocycles. The van der Waals surface area contributed by atoms with Crippen LogP contribution in [0.5, 0.6) is 5.88 Å². The van der Waals surface area contributed by atoms with Crippen LogP contribution < -0.4 is 10.6 Å². The fourth-order valence-electron chi connectivity index (χ4n) is 4.60. The molecule has 0 radical (unpaired) electrons. The Morgan fingerprint density at radius 2 is 1.74 bits per heavy atom. The molecule has 0 atom stereocenters. The van der Waals surface area contributed by atoms with Gasteiger partial charge in [0, 0.05) is 35.3 Å². The van der Waals surface area contributed by atoms with Gasteiger partial charge in [-0.05, 0) is 79.1 Å². The van der Waals surface area contributed by atoms with Crippen LogP contribution in [0.15, 0.2) is 70.6 Å². The SMILES string of the molecule is O=c1n(Cc2ccnc3cccc(N4CCCCC4)c23)cc(O)n1-c1ccc(SC(F)(F)F)cc1. The van der Waals surface area contributed by atoms with E-state index >= 15 is 0 Å². The van der Waals surface area contributed by atoms with Gasteiger partial charge in [-0.2, -0.15) is 13.2 Å². The van der Waals surface area contributed by atoms with Crippen molar-refractivity contribution in [3.63, 3.8) is 0 Å². The predicted octanol–water partition coefficient (Wildman–Crippen LogP) is 5.54. The summed E-state index contributed by atoms with van der Waals surface area (Å²) in [7, 11) is 0. The largest absolute Gasteiger partial charge is 0.493 e. The second-order valence-corrected chi connectivity index (χ2v) is 9.60. The van der Waals surface area contributed by atoms with E-state index in [1.807, 2.05) is 18.2 Å². The van der Waals surface area contributed by atoms with E-state index in [9.17, 15) is 23.1 Å². The Hall–Kier alpha value is -3.40. The van der Waals surface area contributed by atoms with E-state index in [1.165, 1.54) is 41.5 Å². The molecule has 0 bridgehead atoms. The zero-order valence-corrected chi connectivity index (χ0v) is 19.5. The smallest absolute Gasteiger partial charge is 0.446 e. The first-order chi connectivity index (χ1) is 16.8. The fourth-order valence-corrected chi connectivity index (χ4v) is 5.14. The average Bonchev–Trinajstić information content (AvgIpc) is 3.11. The van der Waals surface area contributed by atoms with Crippen molar-refractivity contribution in [2.24, 2.45) is 0 Å². The lowest BCUT2D eigenvalue weighted by Gasteiger charge is -2.30. The summed E-state index contributed by atoms with van der Waals surface area (Å²) in [6.45, 7) is 2.14. The molecule has 0 spiro atoms. The third-order valence-corrected chi connectivity index (χ3v) is 6.87. The van der Waals surface area contributed by atoms with Crippen molar-refractivity contribution in [2.75, 3.05) is 18.0 Å². The van der Waals surface area contributed by atoms with E-state index in [-0.39, 0.29) is 34.8 Å². The third-order valence-electron chi connectivity index (χ3n) is 6.13. The van der Waals surface area contributed by atoms with Crippen LogP contribution in [0.1, 0.15) is 24.8 Å². The van der Waals surface area contributed by atoms with E-state index < -0.39 is 11.2 Å². The molecule has 1 fully saturated rings. The maximum absolute atomic E-state index is 13.2. The molecule has 0 aliphatic carbocycles. The number of benzene rings is 2. The van der Waals surface area contributed by atoms with E-state index in [1.54, 1.807) is 6.20 Å². The number of hydrogen-bond acceptors (Lipinski definition) is 5. The molecule has 0 unspecified atom stereocenters. The summed E-state index contributed by atoms with van der Waals surface area (Å²) < 4.78 is 40.3. The van der Waals surface area contributed by atoms with E-state index in [0.717, 1.165) is 52.7 Å². The average molecular weight is 501 g/mol. The van der Waals surface area contributed by atoms with Gasteiger partial charge in [-0.3, -0.25) is 9.55 Å². The van der Waals surface area contributed by atoms with Gasteiger partial charge in [-0.15, -0.1) is 0 Å². The van der Waals surface area contributed by atoms with Crippen LogP contribution in [0.4, 0.5) is 18.9 Å². The van der Waals surface area contributed by atoms with E-state index in [4.69, 9.17) is 0 Å². The topological polar surface area (TPSA) is 63.3 Å². The molecule has 5 rings (SSSR count). The molecule has 6 nitrogen and oxygen atoms in total. The maximum atomic E-state index is 13.2. The van der Waals surface area contributed by atoms with Gasteiger partial charge in [0.15, 0.2) is 0 Å². The molecular weight excluding hydrogens is 477 g/mol. The highest BCUT2D eigenvalue weighted by molar-refractivity contribution is 8.00. The quantitative estimate of drug-likeness (QED) is 0.365. The third kappa shape index (κ3) is 4.88. The Kier molecular flexibility index (Phi) is 6.22. The molecule has 0 amide bonds. The van der Waals surface area contributed by atoms with Gasteiger partial charge in [0.1, 0.15) is 0 Å². The Bertz CT molecular complexity index is 1400. The Labute approximate surface area is 203 Å². The minimum Gasteiger partial charge on any atom is -0.493 e. The number of imidazole rings is 1. The van der Waals surface area contributed by atoms with Gasteiger partial charge in [-0.1, -0.05) is 6.07 Å². The monoisotopic (exact) mass is 500 g/mol. The summed E-state index contributed by atoms with van der Waals surface area (Å²) >= 11 is -0.231. The van der Waals surface area contributed by atoms with E-state index in [2.05, 4.69) is 16.0 Å². The molecule has 35 heavy (non-hydrogen) atoms. The molecule has 2 aromatic heterocycles. The molecule has 182 valence electrons. The van der Waals surface area contributed by atoms with Crippen molar-refractivity contribution in [1.29, 1.82) is 0 Å². The number of alkyl halides is 3.